The summed E-state index contributed by atoms with van der Waals surface area (Å²) in [6, 6.07) is 21.5. The highest BCUT2D eigenvalue weighted by Gasteiger charge is 1.96. The maximum atomic E-state index is 4.21. The van der Waals surface area contributed by atoms with Gasteiger partial charge in [-0.25, -0.2) is 4.98 Å². The van der Waals surface area contributed by atoms with Gasteiger partial charge in [-0.15, -0.1) is 0 Å². The molecule has 0 atom stereocenters. The molecule has 3 rings (SSSR count). The average molecular weight is 358 g/mol. The molecule has 0 bridgehead atoms. The van der Waals surface area contributed by atoms with E-state index in [-0.39, 0.29) is 0 Å². The van der Waals surface area contributed by atoms with Crippen LogP contribution in [0.15, 0.2) is 77.4 Å². The Morgan fingerprint density at radius 1 is 0.609 bits per heavy atom. The zero-order chi connectivity index (χ0) is 15.9. The van der Waals surface area contributed by atoms with Gasteiger partial charge in [0.15, 0.2) is 0 Å². The van der Waals surface area contributed by atoms with Gasteiger partial charge in [0.25, 0.3) is 0 Å². The summed E-state index contributed by atoms with van der Waals surface area (Å²) in [4.78, 5) is 4.21. The second-order valence-electron chi connectivity index (χ2n) is 4.74. The van der Waals surface area contributed by atoms with Gasteiger partial charge in [-0.2, -0.15) is 0 Å². The zero-order valence-electron chi connectivity index (χ0n) is 12.3. The largest absolute Gasteiger partial charge is 0.248 e. The monoisotopic (exact) mass is 357 g/mol. The van der Waals surface area contributed by atoms with Crippen LogP contribution < -0.4 is 0 Å². The smallest absolute Gasteiger partial charge is 0.113 e. The van der Waals surface area contributed by atoms with Gasteiger partial charge in [0.05, 0.1) is 0 Å². The minimum atomic E-state index is 0.751. The van der Waals surface area contributed by atoms with E-state index in [0.717, 1.165) is 26.9 Å². The molecule has 1 nitrogen and oxygen atoms in total. The van der Waals surface area contributed by atoms with Gasteiger partial charge in [0.2, 0.25) is 0 Å². The third-order valence-electron chi connectivity index (χ3n) is 3.12. The van der Waals surface area contributed by atoms with Crippen LogP contribution >= 0.6 is 15.9 Å². The maximum Gasteiger partial charge on any atom is 0.113 e. The lowest BCUT2D eigenvalue weighted by atomic mass is 10.1. The van der Waals surface area contributed by atoms with Crippen LogP contribution in [-0.2, 0) is 0 Å². The summed E-state index contributed by atoms with van der Waals surface area (Å²) in [6.07, 6.45) is 1.74. The Morgan fingerprint density at radius 3 is 1.83 bits per heavy atom. The molecule has 108 valence electrons. The molecule has 0 N–H and O–H groups in total. The Labute approximate surface area is 144 Å². The Morgan fingerprint density at radius 2 is 1.17 bits per heavy atom. The molecule has 0 fully saturated rings. The second-order valence-corrected chi connectivity index (χ2v) is 5.59. The average Bonchev–Trinajstić information content (AvgIpc) is 2.61. The molecule has 0 saturated heterocycles. The Bertz CT molecular complexity index is 938. The Kier molecular flexibility index (Phi) is 4.89. The van der Waals surface area contributed by atoms with E-state index in [1.807, 2.05) is 66.7 Å². The number of benzene rings is 2. The SMILES string of the molecule is Brc1ccccc1C#Cc1ccccc1C#Cc1ccccn1. The summed E-state index contributed by atoms with van der Waals surface area (Å²) >= 11 is 3.51. The zero-order valence-corrected chi connectivity index (χ0v) is 13.8. The van der Waals surface area contributed by atoms with Crippen LogP contribution in [0.3, 0.4) is 0 Å². The number of hydrogen-bond acceptors (Lipinski definition) is 1. The van der Waals surface area contributed by atoms with Crippen molar-refractivity contribution in [1.82, 2.24) is 4.98 Å². The molecule has 23 heavy (non-hydrogen) atoms. The summed E-state index contributed by atoms with van der Waals surface area (Å²) in [6.45, 7) is 0. The molecule has 1 aromatic heterocycles. The molecular formula is C21H12BrN. The fourth-order valence-electron chi connectivity index (χ4n) is 1.97. The van der Waals surface area contributed by atoms with Gasteiger partial charge in [-0.05, 0) is 58.2 Å². The van der Waals surface area contributed by atoms with Gasteiger partial charge in [0, 0.05) is 27.4 Å². The maximum absolute atomic E-state index is 4.21. The third kappa shape index (κ3) is 4.10. The first-order valence-corrected chi connectivity index (χ1v) is 7.91. The number of aromatic nitrogens is 1. The van der Waals surface area contributed by atoms with Crippen LogP contribution in [0.5, 0.6) is 0 Å². The summed E-state index contributed by atoms with van der Waals surface area (Å²) in [5, 5.41) is 0. The summed E-state index contributed by atoms with van der Waals surface area (Å²) < 4.78 is 0.990. The summed E-state index contributed by atoms with van der Waals surface area (Å²) in [5.41, 5.74) is 3.52. The molecule has 0 amide bonds. The first kappa shape index (κ1) is 15.1. The molecule has 0 aliphatic heterocycles. The Balaban J connectivity index is 1.94. The molecule has 0 aliphatic rings. The van der Waals surface area contributed by atoms with E-state index >= 15 is 0 Å². The lowest BCUT2D eigenvalue weighted by Gasteiger charge is -1.96. The van der Waals surface area contributed by atoms with Crippen LogP contribution in [0.1, 0.15) is 22.4 Å². The van der Waals surface area contributed by atoms with E-state index in [2.05, 4.69) is 44.6 Å². The molecule has 2 heteroatoms. The van der Waals surface area contributed by atoms with E-state index < -0.39 is 0 Å². The molecule has 0 radical (unpaired) electrons. The van der Waals surface area contributed by atoms with E-state index in [1.54, 1.807) is 6.20 Å². The van der Waals surface area contributed by atoms with Crippen LogP contribution in [0.2, 0.25) is 0 Å². The number of pyridine rings is 1. The minimum Gasteiger partial charge on any atom is -0.248 e. The highest BCUT2D eigenvalue weighted by Crippen LogP contribution is 2.15. The summed E-state index contributed by atoms with van der Waals surface area (Å²) in [7, 11) is 0. The summed E-state index contributed by atoms with van der Waals surface area (Å²) in [5.74, 6) is 12.6. The third-order valence-corrected chi connectivity index (χ3v) is 3.81. The molecule has 1 heterocycles. The molecule has 3 aromatic rings. The molecule has 0 aliphatic carbocycles. The van der Waals surface area contributed by atoms with Crippen LogP contribution in [0.4, 0.5) is 0 Å². The lowest BCUT2D eigenvalue weighted by molar-refractivity contribution is 1.29. The normalized spacial score (nSPS) is 9.26. The van der Waals surface area contributed by atoms with Gasteiger partial charge >= 0.3 is 0 Å². The van der Waals surface area contributed by atoms with Gasteiger partial charge in [0.1, 0.15) is 5.69 Å². The van der Waals surface area contributed by atoms with Crippen molar-refractivity contribution in [2.45, 2.75) is 0 Å². The predicted molar refractivity (Wildman–Crippen MR) is 96.8 cm³/mol. The quantitative estimate of drug-likeness (QED) is 0.534. The fourth-order valence-corrected chi connectivity index (χ4v) is 2.35. The standard InChI is InChI=1S/C21H12BrN/c22-21-11-4-3-9-19(21)13-12-17-7-1-2-8-18(17)14-15-20-10-5-6-16-23-20/h1-11,16H. The number of rotatable bonds is 0. The van der Waals surface area contributed by atoms with E-state index in [9.17, 15) is 0 Å². The predicted octanol–water partition coefficient (Wildman–Crippen LogP) is 4.64. The van der Waals surface area contributed by atoms with Gasteiger partial charge < -0.3 is 0 Å². The van der Waals surface area contributed by atoms with Crippen LogP contribution in [0, 0.1) is 23.7 Å². The van der Waals surface area contributed by atoms with Crippen molar-refractivity contribution in [1.29, 1.82) is 0 Å². The first-order chi connectivity index (χ1) is 11.3. The van der Waals surface area contributed by atoms with Crippen molar-refractivity contribution in [3.8, 4) is 23.7 Å². The van der Waals surface area contributed by atoms with Crippen molar-refractivity contribution in [2.24, 2.45) is 0 Å². The first-order valence-electron chi connectivity index (χ1n) is 7.11. The highest BCUT2D eigenvalue weighted by atomic mass is 79.9. The number of halogens is 1. The van der Waals surface area contributed by atoms with Crippen molar-refractivity contribution in [2.75, 3.05) is 0 Å². The number of nitrogens with zero attached hydrogens (tertiary/aromatic N) is 1. The fraction of sp³-hybridized carbons (Fsp3) is 0. The molecule has 2 aromatic carbocycles. The minimum absolute atomic E-state index is 0.751. The Hall–Kier alpha value is -2.81. The van der Waals surface area contributed by atoms with Crippen LogP contribution in [-0.4, -0.2) is 4.98 Å². The second kappa shape index (κ2) is 7.45. The topological polar surface area (TPSA) is 12.9 Å². The highest BCUT2D eigenvalue weighted by molar-refractivity contribution is 9.10. The van der Waals surface area contributed by atoms with Crippen molar-refractivity contribution < 1.29 is 0 Å². The molecule has 0 unspecified atom stereocenters. The number of hydrogen-bond donors (Lipinski definition) is 0. The van der Waals surface area contributed by atoms with Crippen molar-refractivity contribution in [3.63, 3.8) is 0 Å². The molecule has 0 saturated carbocycles. The van der Waals surface area contributed by atoms with E-state index in [0.29, 0.717) is 0 Å². The van der Waals surface area contributed by atoms with E-state index in [4.69, 9.17) is 0 Å². The van der Waals surface area contributed by atoms with Gasteiger partial charge in [-0.1, -0.05) is 48.1 Å². The lowest BCUT2D eigenvalue weighted by Crippen LogP contribution is -1.85. The van der Waals surface area contributed by atoms with E-state index in [1.165, 1.54) is 0 Å². The van der Waals surface area contributed by atoms with Crippen LogP contribution in [0.25, 0.3) is 0 Å². The molecule has 0 spiro atoms. The molecular weight excluding hydrogens is 346 g/mol. The van der Waals surface area contributed by atoms with Gasteiger partial charge in [-0.3, -0.25) is 0 Å². The van der Waals surface area contributed by atoms with Crippen molar-refractivity contribution >= 4 is 15.9 Å². The van der Waals surface area contributed by atoms with Crippen molar-refractivity contribution in [3.05, 3.63) is 99.8 Å².